The third-order valence-electron chi connectivity index (χ3n) is 2.57. The average molecular weight is 259 g/mol. The van der Waals surface area contributed by atoms with Crippen LogP contribution in [0.15, 0.2) is 18.2 Å². The minimum absolute atomic E-state index is 0.0403. The fourth-order valence-electron chi connectivity index (χ4n) is 1.56. The van der Waals surface area contributed by atoms with Crippen LogP contribution in [0.2, 0.25) is 10.0 Å². The lowest BCUT2D eigenvalue weighted by atomic mass is 9.99. The van der Waals surface area contributed by atoms with Gasteiger partial charge < -0.3 is 10.6 Å². The Balaban J connectivity index is 1.99. The van der Waals surface area contributed by atoms with E-state index in [1.54, 1.807) is 18.2 Å². The second kappa shape index (κ2) is 5.04. The third kappa shape index (κ3) is 2.67. The Hall–Kier alpha value is -0.770. The lowest BCUT2D eigenvalue weighted by Gasteiger charge is -2.26. The number of halogens is 2. The van der Waals surface area contributed by atoms with Gasteiger partial charge in [-0.2, -0.15) is 0 Å². The average Bonchev–Trinajstić information content (AvgIpc) is 2.18. The highest BCUT2D eigenvalue weighted by atomic mass is 35.5. The summed E-state index contributed by atoms with van der Waals surface area (Å²) in [5.74, 6) is 0.391. The smallest absolute Gasteiger partial charge is 0.224 e. The summed E-state index contributed by atoms with van der Waals surface area (Å²) >= 11 is 11.9. The molecule has 1 fully saturated rings. The summed E-state index contributed by atoms with van der Waals surface area (Å²) in [6, 6.07) is 5.15. The van der Waals surface area contributed by atoms with Gasteiger partial charge in [-0.1, -0.05) is 29.3 Å². The van der Waals surface area contributed by atoms with Crippen molar-refractivity contribution in [2.24, 2.45) is 5.92 Å². The summed E-state index contributed by atoms with van der Waals surface area (Å²) in [7, 11) is 0. The number of amides is 1. The van der Waals surface area contributed by atoms with Gasteiger partial charge in [0.15, 0.2) is 0 Å². The van der Waals surface area contributed by atoms with E-state index in [9.17, 15) is 4.79 Å². The van der Waals surface area contributed by atoms with Gasteiger partial charge in [0.2, 0.25) is 5.91 Å². The number of para-hydroxylation sites is 1. The third-order valence-corrected chi connectivity index (χ3v) is 3.20. The van der Waals surface area contributed by atoms with Crippen molar-refractivity contribution in [1.82, 2.24) is 5.32 Å². The maximum atomic E-state index is 11.7. The number of hydrogen-bond donors (Lipinski definition) is 2. The lowest BCUT2D eigenvalue weighted by molar-refractivity contribution is -0.117. The van der Waals surface area contributed by atoms with Crippen molar-refractivity contribution in [2.75, 3.05) is 18.4 Å². The molecule has 1 heterocycles. The van der Waals surface area contributed by atoms with Crippen LogP contribution >= 0.6 is 23.2 Å². The molecule has 0 spiro atoms. The molecule has 0 atom stereocenters. The van der Waals surface area contributed by atoms with E-state index >= 15 is 0 Å². The molecule has 1 amide bonds. The molecular weight excluding hydrogens is 247 g/mol. The van der Waals surface area contributed by atoms with Crippen molar-refractivity contribution in [3.05, 3.63) is 28.2 Å². The Morgan fingerprint density at radius 3 is 2.50 bits per heavy atom. The van der Waals surface area contributed by atoms with Crippen LogP contribution in [0.25, 0.3) is 0 Å². The van der Waals surface area contributed by atoms with E-state index in [2.05, 4.69) is 10.6 Å². The minimum atomic E-state index is -0.0403. The Morgan fingerprint density at radius 1 is 1.38 bits per heavy atom. The molecule has 0 bridgehead atoms. The highest BCUT2D eigenvalue weighted by Crippen LogP contribution is 2.30. The van der Waals surface area contributed by atoms with E-state index in [0.29, 0.717) is 28.1 Å². The molecule has 16 heavy (non-hydrogen) atoms. The maximum Gasteiger partial charge on any atom is 0.224 e. The van der Waals surface area contributed by atoms with E-state index in [1.807, 2.05) is 0 Å². The van der Waals surface area contributed by atoms with Crippen LogP contribution in [0.4, 0.5) is 5.69 Å². The molecule has 2 N–H and O–H groups in total. The first kappa shape index (κ1) is 11.7. The number of carbonyl (C=O) groups is 1. The van der Waals surface area contributed by atoms with Gasteiger partial charge >= 0.3 is 0 Å². The van der Waals surface area contributed by atoms with Gasteiger partial charge in [0.05, 0.1) is 15.7 Å². The molecule has 1 aliphatic rings. The molecular formula is C11H12Cl2N2O. The summed E-state index contributed by atoms with van der Waals surface area (Å²) in [5, 5.41) is 6.80. The quantitative estimate of drug-likeness (QED) is 0.875. The van der Waals surface area contributed by atoms with E-state index in [1.165, 1.54) is 0 Å². The standard InChI is InChI=1S/C11H12Cl2N2O/c12-8-2-1-3-9(13)11(8)15-10(16)4-7-5-14-6-7/h1-3,7,14H,4-6H2,(H,15,16). The van der Waals surface area contributed by atoms with Crippen LogP contribution in [-0.2, 0) is 4.79 Å². The molecule has 1 aromatic rings. The van der Waals surface area contributed by atoms with Crippen molar-refractivity contribution in [3.63, 3.8) is 0 Å². The molecule has 0 radical (unpaired) electrons. The zero-order chi connectivity index (χ0) is 11.5. The highest BCUT2D eigenvalue weighted by Gasteiger charge is 2.20. The summed E-state index contributed by atoms with van der Waals surface area (Å²) in [6.07, 6.45) is 0.508. The molecule has 5 heteroatoms. The number of anilines is 1. The van der Waals surface area contributed by atoms with Gasteiger partial charge in [-0.25, -0.2) is 0 Å². The van der Waals surface area contributed by atoms with Gasteiger partial charge in [-0.05, 0) is 31.1 Å². The number of carbonyl (C=O) groups excluding carboxylic acids is 1. The minimum Gasteiger partial charge on any atom is -0.324 e. The topological polar surface area (TPSA) is 41.1 Å². The molecule has 3 nitrogen and oxygen atoms in total. The van der Waals surface area contributed by atoms with Crippen molar-refractivity contribution in [1.29, 1.82) is 0 Å². The van der Waals surface area contributed by atoms with Gasteiger partial charge in [0.1, 0.15) is 0 Å². The second-order valence-corrected chi connectivity index (χ2v) is 4.69. The molecule has 86 valence electrons. The van der Waals surface area contributed by atoms with Gasteiger partial charge in [-0.3, -0.25) is 4.79 Å². The van der Waals surface area contributed by atoms with Crippen molar-refractivity contribution in [3.8, 4) is 0 Å². The fraction of sp³-hybridized carbons (Fsp3) is 0.364. The van der Waals surface area contributed by atoms with Crippen molar-refractivity contribution in [2.45, 2.75) is 6.42 Å². The van der Waals surface area contributed by atoms with Crippen LogP contribution in [0.3, 0.4) is 0 Å². The van der Waals surface area contributed by atoms with Crippen molar-refractivity contribution >= 4 is 34.8 Å². The van der Waals surface area contributed by atoms with Crippen LogP contribution < -0.4 is 10.6 Å². The first-order valence-electron chi connectivity index (χ1n) is 5.11. The first-order valence-corrected chi connectivity index (χ1v) is 5.87. The van der Waals surface area contributed by atoms with Gasteiger partial charge in [0, 0.05) is 6.42 Å². The zero-order valence-corrected chi connectivity index (χ0v) is 10.1. The summed E-state index contributed by atoms with van der Waals surface area (Å²) < 4.78 is 0. The maximum absolute atomic E-state index is 11.7. The molecule has 0 aliphatic carbocycles. The van der Waals surface area contributed by atoms with E-state index in [-0.39, 0.29) is 5.91 Å². The Bertz CT molecular complexity index is 385. The monoisotopic (exact) mass is 258 g/mol. The highest BCUT2D eigenvalue weighted by molar-refractivity contribution is 6.39. The zero-order valence-electron chi connectivity index (χ0n) is 8.59. The predicted molar refractivity (Wildman–Crippen MR) is 66.1 cm³/mol. The number of rotatable bonds is 3. The first-order chi connectivity index (χ1) is 7.66. The molecule has 0 aromatic heterocycles. The molecule has 1 saturated heterocycles. The Labute approximate surface area is 104 Å². The molecule has 1 aromatic carbocycles. The van der Waals surface area contributed by atoms with Gasteiger partial charge in [-0.15, -0.1) is 0 Å². The number of benzene rings is 1. The van der Waals surface area contributed by atoms with Crippen LogP contribution in [0.5, 0.6) is 0 Å². The second-order valence-electron chi connectivity index (χ2n) is 3.87. The van der Waals surface area contributed by atoms with E-state index in [0.717, 1.165) is 13.1 Å². The Morgan fingerprint density at radius 2 is 2.00 bits per heavy atom. The summed E-state index contributed by atoms with van der Waals surface area (Å²) in [4.78, 5) is 11.7. The van der Waals surface area contributed by atoms with E-state index < -0.39 is 0 Å². The normalized spacial score (nSPS) is 15.6. The molecule has 1 aliphatic heterocycles. The number of nitrogens with one attached hydrogen (secondary N) is 2. The van der Waals surface area contributed by atoms with Gasteiger partial charge in [0.25, 0.3) is 0 Å². The lowest BCUT2D eigenvalue weighted by Crippen LogP contribution is -2.43. The Kier molecular flexibility index (Phi) is 3.69. The van der Waals surface area contributed by atoms with Crippen LogP contribution in [0, 0.1) is 5.92 Å². The fourth-order valence-corrected chi connectivity index (χ4v) is 2.05. The molecule has 0 saturated carbocycles. The largest absolute Gasteiger partial charge is 0.324 e. The van der Waals surface area contributed by atoms with Crippen molar-refractivity contribution < 1.29 is 4.79 Å². The van der Waals surface area contributed by atoms with Crippen LogP contribution in [0.1, 0.15) is 6.42 Å². The summed E-state index contributed by atoms with van der Waals surface area (Å²) in [5.41, 5.74) is 0.503. The summed E-state index contributed by atoms with van der Waals surface area (Å²) in [6.45, 7) is 1.81. The SMILES string of the molecule is O=C(CC1CNC1)Nc1c(Cl)cccc1Cl. The molecule has 0 unspecified atom stereocenters. The van der Waals surface area contributed by atoms with E-state index in [4.69, 9.17) is 23.2 Å². The molecule has 2 rings (SSSR count). The van der Waals surface area contributed by atoms with Crippen LogP contribution in [-0.4, -0.2) is 19.0 Å². The number of hydrogen-bond acceptors (Lipinski definition) is 2. The predicted octanol–water partition coefficient (Wildman–Crippen LogP) is 2.54.